The van der Waals surface area contributed by atoms with Crippen molar-refractivity contribution in [2.45, 2.75) is 59.0 Å². The maximum Gasteiger partial charge on any atom is 0.324 e. The highest BCUT2D eigenvalue weighted by atomic mass is 19.1. The minimum absolute atomic E-state index is 0.206. The number of benzene rings is 2. The SMILES string of the molecule is CC(C)(C)c1cc(NC(=O)Nc2ccc(CN3CCN(C(=O)c4c(F)cccc4F)CC3)c(F)c2)n(C(C)(C)C)n1. The number of hydrogen-bond donors (Lipinski definition) is 2. The summed E-state index contributed by atoms with van der Waals surface area (Å²) in [5.74, 6) is -2.43. The van der Waals surface area contributed by atoms with Gasteiger partial charge >= 0.3 is 6.03 Å². The van der Waals surface area contributed by atoms with E-state index in [1.807, 2.05) is 52.5 Å². The van der Waals surface area contributed by atoms with Gasteiger partial charge in [0.25, 0.3) is 5.91 Å². The Balaban J connectivity index is 1.35. The number of urea groups is 1. The van der Waals surface area contributed by atoms with Crippen LogP contribution in [0.4, 0.5) is 29.5 Å². The van der Waals surface area contributed by atoms with Crippen LogP contribution in [0.25, 0.3) is 0 Å². The fourth-order valence-corrected chi connectivity index (χ4v) is 4.59. The van der Waals surface area contributed by atoms with Crippen LogP contribution in [0, 0.1) is 17.5 Å². The highest BCUT2D eigenvalue weighted by Gasteiger charge is 2.28. The molecule has 41 heavy (non-hydrogen) atoms. The molecule has 0 saturated carbocycles. The molecule has 1 aromatic heterocycles. The first kappa shape index (κ1) is 30.1. The second-order valence-corrected chi connectivity index (χ2v) is 12.3. The van der Waals surface area contributed by atoms with E-state index in [1.165, 1.54) is 17.0 Å². The van der Waals surface area contributed by atoms with Gasteiger partial charge in [0.2, 0.25) is 0 Å². The van der Waals surface area contributed by atoms with Crippen molar-refractivity contribution < 1.29 is 22.8 Å². The van der Waals surface area contributed by atoms with Crippen molar-refractivity contribution >= 4 is 23.4 Å². The zero-order chi connectivity index (χ0) is 30.1. The summed E-state index contributed by atoms with van der Waals surface area (Å²) in [6.07, 6.45) is 0. The van der Waals surface area contributed by atoms with Gasteiger partial charge in [0.15, 0.2) is 0 Å². The lowest BCUT2D eigenvalue weighted by molar-refractivity contribution is 0.0617. The summed E-state index contributed by atoms with van der Waals surface area (Å²) in [6, 6.07) is 9.14. The lowest BCUT2D eigenvalue weighted by atomic mass is 9.92. The van der Waals surface area contributed by atoms with Crippen LogP contribution in [-0.2, 0) is 17.5 Å². The average Bonchev–Trinajstić information content (AvgIpc) is 3.31. The van der Waals surface area contributed by atoms with Gasteiger partial charge in [-0.15, -0.1) is 0 Å². The Morgan fingerprint density at radius 1 is 0.854 bits per heavy atom. The lowest BCUT2D eigenvalue weighted by Crippen LogP contribution is -2.48. The molecule has 0 atom stereocenters. The van der Waals surface area contributed by atoms with Crippen LogP contribution >= 0.6 is 0 Å². The van der Waals surface area contributed by atoms with Gasteiger partial charge in [-0.2, -0.15) is 5.10 Å². The second-order valence-electron chi connectivity index (χ2n) is 12.3. The molecular formula is C30H37F3N6O2. The number of aromatic nitrogens is 2. The van der Waals surface area contributed by atoms with E-state index in [2.05, 4.69) is 15.7 Å². The number of nitrogens with zero attached hydrogens (tertiary/aromatic N) is 4. The average molecular weight is 571 g/mol. The summed E-state index contributed by atoms with van der Waals surface area (Å²) >= 11 is 0. The van der Waals surface area contributed by atoms with Gasteiger partial charge in [0, 0.05) is 55.5 Å². The Hall–Kier alpha value is -3.86. The van der Waals surface area contributed by atoms with E-state index in [0.29, 0.717) is 30.2 Å². The molecule has 0 radical (unpaired) electrons. The van der Waals surface area contributed by atoms with E-state index < -0.39 is 35.0 Å². The number of rotatable bonds is 5. The van der Waals surface area contributed by atoms with Crippen LogP contribution < -0.4 is 10.6 Å². The predicted molar refractivity (Wildman–Crippen MR) is 153 cm³/mol. The van der Waals surface area contributed by atoms with Crippen LogP contribution in [0.15, 0.2) is 42.5 Å². The maximum atomic E-state index is 15.0. The van der Waals surface area contributed by atoms with Gasteiger partial charge in [0.05, 0.1) is 11.2 Å². The Kier molecular flexibility index (Phi) is 8.49. The number of nitrogens with one attached hydrogen (secondary N) is 2. The summed E-state index contributed by atoms with van der Waals surface area (Å²) in [6.45, 7) is 13.7. The number of anilines is 2. The van der Waals surface area contributed by atoms with Crippen LogP contribution in [-0.4, -0.2) is 57.7 Å². The third-order valence-electron chi connectivity index (χ3n) is 6.90. The Morgan fingerprint density at radius 3 is 2.05 bits per heavy atom. The molecule has 220 valence electrons. The molecule has 0 aliphatic carbocycles. The minimum Gasteiger partial charge on any atom is -0.336 e. The van der Waals surface area contributed by atoms with Crippen molar-refractivity contribution in [3.05, 3.63) is 76.7 Å². The second kappa shape index (κ2) is 11.6. The fourth-order valence-electron chi connectivity index (χ4n) is 4.59. The van der Waals surface area contributed by atoms with Crippen molar-refractivity contribution in [2.75, 3.05) is 36.8 Å². The van der Waals surface area contributed by atoms with Crippen molar-refractivity contribution in [1.82, 2.24) is 19.6 Å². The molecule has 3 aromatic rings. The fraction of sp³-hybridized carbons (Fsp3) is 0.433. The van der Waals surface area contributed by atoms with Crippen molar-refractivity contribution in [1.29, 1.82) is 0 Å². The first-order valence-corrected chi connectivity index (χ1v) is 13.6. The molecule has 0 unspecified atom stereocenters. The molecule has 2 aromatic carbocycles. The summed E-state index contributed by atoms with van der Waals surface area (Å²) < 4.78 is 44.8. The molecule has 8 nitrogen and oxygen atoms in total. The zero-order valence-corrected chi connectivity index (χ0v) is 24.3. The van der Waals surface area contributed by atoms with Crippen molar-refractivity contribution in [3.8, 4) is 0 Å². The topological polar surface area (TPSA) is 82.5 Å². The third kappa shape index (κ3) is 7.08. The number of carbonyl (C=O) groups is 2. The Bertz CT molecular complexity index is 1410. The minimum atomic E-state index is -0.892. The summed E-state index contributed by atoms with van der Waals surface area (Å²) in [5, 5.41) is 10.2. The van der Waals surface area contributed by atoms with Gasteiger partial charge in [-0.25, -0.2) is 22.6 Å². The third-order valence-corrected chi connectivity index (χ3v) is 6.90. The predicted octanol–water partition coefficient (Wildman–Crippen LogP) is 5.95. The first-order chi connectivity index (χ1) is 19.1. The van der Waals surface area contributed by atoms with Gasteiger partial charge in [-0.3, -0.25) is 15.0 Å². The molecule has 1 aliphatic heterocycles. The molecule has 11 heteroatoms. The quantitative estimate of drug-likeness (QED) is 0.397. The van der Waals surface area contributed by atoms with E-state index in [4.69, 9.17) is 0 Å². The van der Waals surface area contributed by atoms with Crippen LogP contribution in [0.3, 0.4) is 0 Å². The van der Waals surface area contributed by atoms with Crippen LogP contribution in [0.2, 0.25) is 0 Å². The van der Waals surface area contributed by atoms with E-state index in [1.54, 1.807) is 16.8 Å². The molecule has 2 heterocycles. The van der Waals surface area contributed by atoms with E-state index in [9.17, 15) is 22.8 Å². The monoisotopic (exact) mass is 570 g/mol. The van der Waals surface area contributed by atoms with Crippen molar-refractivity contribution in [3.63, 3.8) is 0 Å². The van der Waals surface area contributed by atoms with Gasteiger partial charge in [-0.05, 0) is 45.0 Å². The molecule has 4 rings (SSSR count). The number of hydrogen-bond acceptors (Lipinski definition) is 4. The normalized spacial score (nSPS) is 14.7. The maximum absolute atomic E-state index is 15.0. The zero-order valence-electron chi connectivity index (χ0n) is 24.3. The highest BCUT2D eigenvalue weighted by molar-refractivity contribution is 5.99. The number of carbonyl (C=O) groups excluding carboxylic acids is 2. The van der Waals surface area contributed by atoms with Crippen LogP contribution in [0.1, 0.15) is 63.2 Å². The summed E-state index contributed by atoms with van der Waals surface area (Å²) in [5.41, 5.74) is 0.425. The summed E-state index contributed by atoms with van der Waals surface area (Å²) in [4.78, 5) is 28.8. The van der Waals surface area contributed by atoms with Gasteiger partial charge in [0.1, 0.15) is 28.8 Å². The van der Waals surface area contributed by atoms with Crippen molar-refractivity contribution in [2.24, 2.45) is 0 Å². The first-order valence-electron chi connectivity index (χ1n) is 13.6. The van der Waals surface area contributed by atoms with E-state index in [0.717, 1.165) is 17.8 Å². The van der Waals surface area contributed by atoms with E-state index >= 15 is 0 Å². The molecule has 0 bridgehead atoms. The highest BCUT2D eigenvalue weighted by Crippen LogP contribution is 2.28. The van der Waals surface area contributed by atoms with Gasteiger partial charge in [-0.1, -0.05) is 32.9 Å². The van der Waals surface area contributed by atoms with E-state index in [-0.39, 0.29) is 30.6 Å². The number of amides is 3. The Morgan fingerprint density at radius 2 is 1.49 bits per heavy atom. The molecule has 3 amide bonds. The molecule has 0 spiro atoms. The Labute approximate surface area is 238 Å². The number of piperazine rings is 1. The molecule has 1 aliphatic rings. The molecule has 2 N–H and O–H groups in total. The van der Waals surface area contributed by atoms with Gasteiger partial charge < -0.3 is 10.2 Å². The molecular weight excluding hydrogens is 533 g/mol. The largest absolute Gasteiger partial charge is 0.336 e. The standard InChI is InChI=1S/C30H37F3N6O2/c1-29(2,3)24-17-25(39(36-24)30(4,5)6)35-28(41)34-20-11-10-19(23(33)16-20)18-37-12-14-38(15-13-37)27(40)26-21(31)8-7-9-22(26)32/h7-11,16-17H,12-15,18H2,1-6H3,(H2,34,35,41). The number of halogens is 3. The lowest BCUT2D eigenvalue weighted by Gasteiger charge is -2.35. The van der Waals surface area contributed by atoms with Crippen LogP contribution in [0.5, 0.6) is 0 Å². The molecule has 1 saturated heterocycles. The summed E-state index contributed by atoms with van der Waals surface area (Å²) in [7, 11) is 0. The molecule has 1 fully saturated rings. The smallest absolute Gasteiger partial charge is 0.324 e.